The average molecular weight is 372 g/mol. The number of nitrogens with one attached hydrogen (secondary N) is 1. The quantitative estimate of drug-likeness (QED) is 0.500. The molecule has 0 saturated heterocycles. The maximum atomic E-state index is 4.85. The highest BCUT2D eigenvalue weighted by atomic mass is 32.1. The molecule has 0 aliphatic heterocycles. The van der Waals surface area contributed by atoms with Crippen molar-refractivity contribution in [3.63, 3.8) is 0 Å². The Morgan fingerprint density at radius 3 is 2.63 bits per heavy atom. The van der Waals surface area contributed by atoms with Gasteiger partial charge in [0.15, 0.2) is 0 Å². The first-order chi connectivity index (χ1) is 13.0. The van der Waals surface area contributed by atoms with E-state index in [2.05, 4.69) is 53.4 Å². The Morgan fingerprint density at radius 2 is 1.85 bits per heavy atom. The molecule has 0 aromatic carbocycles. The summed E-state index contributed by atoms with van der Waals surface area (Å²) in [5.41, 5.74) is 2.58. The third-order valence-corrected chi connectivity index (χ3v) is 4.85. The van der Waals surface area contributed by atoms with Crippen molar-refractivity contribution >= 4 is 22.8 Å². The topological polar surface area (TPSA) is 42.2 Å². The highest BCUT2D eigenvalue weighted by Crippen LogP contribution is 2.34. The fraction of sp³-hybridized carbons (Fsp3) is 0.182. The summed E-state index contributed by atoms with van der Waals surface area (Å²) in [5, 5.41) is 3.60. The van der Waals surface area contributed by atoms with E-state index >= 15 is 0 Å². The fourth-order valence-corrected chi connectivity index (χ4v) is 3.59. The number of nitrogens with zero attached hydrogens (tertiary/aromatic N) is 3. The van der Waals surface area contributed by atoms with Gasteiger partial charge in [-0.3, -0.25) is 4.40 Å². The van der Waals surface area contributed by atoms with E-state index in [4.69, 9.17) is 4.98 Å². The van der Waals surface area contributed by atoms with Crippen molar-refractivity contribution in [3.05, 3.63) is 71.5 Å². The lowest BCUT2D eigenvalue weighted by molar-refractivity contribution is 0.630. The lowest BCUT2D eigenvalue weighted by Crippen LogP contribution is -2.27. The number of fused-ring (bicyclic) bond motifs is 1. The number of anilines is 1. The molecular formula is C22H20N4S. The first kappa shape index (κ1) is 17.3. The SMILES string of the molecule is CC(C)(C)Nc1c(-c2ccc(C#Cc3ccccn3)s2)nc2ccccn12. The van der Waals surface area contributed by atoms with Gasteiger partial charge in [0.2, 0.25) is 0 Å². The molecule has 4 nitrogen and oxygen atoms in total. The number of pyridine rings is 2. The van der Waals surface area contributed by atoms with Gasteiger partial charge in [-0.25, -0.2) is 9.97 Å². The van der Waals surface area contributed by atoms with E-state index in [9.17, 15) is 0 Å². The molecule has 27 heavy (non-hydrogen) atoms. The number of aromatic nitrogens is 3. The van der Waals surface area contributed by atoms with Crippen LogP contribution in [0.3, 0.4) is 0 Å². The Kier molecular flexibility index (Phi) is 4.43. The Hall–Kier alpha value is -3.10. The minimum atomic E-state index is -0.0700. The number of hydrogen-bond acceptors (Lipinski definition) is 4. The standard InChI is InChI=1S/C22H20N4S/c1-22(2,3)25-21-20(24-19-9-5-7-15-26(19)21)18-13-12-17(27-18)11-10-16-8-4-6-14-23-16/h4-9,12-15,25H,1-3H3. The van der Waals surface area contributed by atoms with Crippen LogP contribution in [0.15, 0.2) is 60.9 Å². The molecule has 4 aromatic rings. The Labute approximate surface area is 162 Å². The average Bonchev–Trinajstić information content (AvgIpc) is 3.25. The van der Waals surface area contributed by atoms with Gasteiger partial charge in [0.05, 0.1) is 9.75 Å². The third-order valence-electron chi connectivity index (χ3n) is 3.84. The second-order valence-corrected chi connectivity index (χ2v) is 8.33. The molecule has 0 bridgehead atoms. The van der Waals surface area contributed by atoms with Crippen LogP contribution < -0.4 is 5.32 Å². The number of imidazole rings is 1. The molecule has 4 heterocycles. The summed E-state index contributed by atoms with van der Waals surface area (Å²) in [5.74, 6) is 7.32. The zero-order chi connectivity index (χ0) is 18.9. The number of rotatable bonds is 2. The first-order valence-electron chi connectivity index (χ1n) is 8.78. The summed E-state index contributed by atoms with van der Waals surface area (Å²) < 4.78 is 2.10. The van der Waals surface area contributed by atoms with Crippen LogP contribution in [0.25, 0.3) is 16.2 Å². The van der Waals surface area contributed by atoms with Gasteiger partial charge in [0.1, 0.15) is 22.9 Å². The monoisotopic (exact) mass is 372 g/mol. The highest BCUT2D eigenvalue weighted by molar-refractivity contribution is 7.16. The summed E-state index contributed by atoms with van der Waals surface area (Å²) >= 11 is 1.64. The predicted molar refractivity (Wildman–Crippen MR) is 112 cm³/mol. The summed E-state index contributed by atoms with van der Waals surface area (Å²) in [6.45, 7) is 6.45. The van der Waals surface area contributed by atoms with Gasteiger partial charge in [0, 0.05) is 17.9 Å². The van der Waals surface area contributed by atoms with Crippen molar-refractivity contribution in [3.8, 4) is 22.4 Å². The smallest absolute Gasteiger partial charge is 0.140 e. The van der Waals surface area contributed by atoms with E-state index in [1.165, 1.54) is 0 Å². The second-order valence-electron chi connectivity index (χ2n) is 7.24. The van der Waals surface area contributed by atoms with E-state index in [1.54, 1.807) is 17.5 Å². The van der Waals surface area contributed by atoms with Crippen LogP contribution in [0.5, 0.6) is 0 Å². The predicted octanol–water partition coefficient (Wildman–Crippen LogP) is 5.07. The zero-order valence-corrected chi connectivity index (χ0v) is 16.3. The summed E-state index contributed by atoms with van der Waals surface area (Å²) in [4.78, 5) is 11.2. The molecule has 134 valence electrons. The van der Waals surface area contributed by atoms with Crippen molar-refractivity contribution in [1.82, 2.24) is 14.4 Å². The maximum Gasteiger partial charge on any atom is 0.140 e. The number of hydrogen-bond donors (Lipinski definition) is 1. The van der Waals surface area contributed by atoms with Crippen LogP contribution in [0.1, 0.15) is 31.3 Å². The van der Waals surface area contributed by atoms with E-state index in [1.807, 2.05) is 48.7 Å². The van der Waals surface area contributed by atoms with E-state index in [0.29, 0.717) is 0 Å². The van der Waals surface area contributed by atoms with E-state index < -0.39 is 0 Å². The first-order valence-corrected chi connectivity index (χ1v) is 9.60. The van der Waals surface area contributed by atoms with Gasteiger partial charge in [-0.1, -0.05) is 12.1 Å². The molecule has 0 aliphatic carbocycles. The molecule has 0 saturated carbocycles. The normalized spacial score (nSPS) is 11.2. The van der Waals surface area contributed by atoms with E-state index in [0.717, 1.165) is 32.6 Å². The van der Waals surface area contributed by atoms with Crippen molar-refractivity contribution in [1.29, 1.82) is 0 Å². The fourth-order valence-electron chi connectivity index (χ4n) is 2.74. The van der Waals surface area contributed by atoms with Crippen molar-refractivity contribution in [2.24, 2.45) is 0 Å². The summed E-state index contributed by atoms with van der Waals surface area (Å²) in [7, 11) is 0. The molecule has 0 unspecified atom stereocenters. The van der Waals surface area contributed by atoms with Gasteiger partial charge in [-0.15, -0.1) is 11.3 Å². The largest absolute Gasteiger partial charge is 0.365 e. The van der Waals surface area contributed by atoms with Gasteiger partial charge in [-0.2, -0.15) is 0 Å². The Balaban J connectivity index is 1.74. The molecule has 4 aromatic heterocycles. The highest BCUT2D eigenvalue weighted by Gasteiger charge is 2.20. The van der Waals surface area contributed by atoms with Crippen molar-refractivity contribution in [2.75, 3.05) is 5.32 Å². The maximum absolute atomic E-state index is 4.85. The molecule has 1 N–H and O–H groups in total. The summed E-state index contributed by atoms with van der Waals surface area (Å²) in [6.07, 6.45) is 3.79. The van der Waals surface area contributed by atoms with Crippen LogP contribution in [-0.4, -0.2) is 19.9 Å². The minimum Gasteiger partial charge on any atom is -0.365 e. The zero-order valence-electron chi connectivity index (χ0n) is 15.5. The van der Waals surface area contributed by atoms with Gasteiger partial charge in [0.25, 0.3) is 0 Å². The molecule has 0 fully saturated rings. The minimum absolute atomic E-state index is 0.0700. The van der Waals surface area contributed by atoms with Crippen LogP contribution in [0.4, 0.5) is 5.82 Å². The lowest BCUT2D eigenvalue weighted by atomic mass is 10.1. The Bertz CT molecular complexity index is 1140. The van der Waals surface area contributed by atoms with Crippen molar-refractivity contribution < 1.29 is 0 Å². The molecular weight excluding hydrogens is 352 g/mol. The van der Waals surface area contributed by atoms with E-state index in [-0.39, 0.29) is 5.54 Å². The molecule has 0 amide bonds. The van der Waals surface area contributed by atoms with Crippen LogP contribution in [-0.2, 0) is 0 Å². The van der Waals surface area contributed by atoms with Gasteiger partial charge < -0.3 is 5.32 Å². The van der Waals surface area contributed by atoms with Crippen LogP contribution in [0, 0.1) is 11.8 Å². The van der Waals surface area contributed by atoms with Crippen LogP contribution in [0.2, 0.25) is 0 Å². The second kappa shape index (κ2) is 6.90. The lowest BCUT2D eigenvalue weighted by Gasteiger charge is -2.22. The molecule has 0 aliphatic rings. The molecule has 5 heteroatoms. The number of thiophene rings is 1. The molecule has 0 radical (unpaired) electrons. The van der Waals surface area contributed by atoms with Crippen molar-refractivity contribution in [2.45, 2.75) is 26.3 Å². The van der Waals surface area contributed by atoms with Crippen LogP contribution >= 0.6 is 11.3 Å². The summed E-state index contributed by atoms with van der Waals surface area (Å²) in [6, 6.07) is 15.9. The van der Waals surface area contributed by atoms with Gasteiger partial charge >= 0.3 is 0 Å². The molecule has 0 spiro atoms. The third kappa shape index (κ3) is 3.86. The molecule has 0 atom stereocenters. The molecule has 4 rings (SSSR count). The van der Waals surface area contributed by atoms with Gasteiger partial charge in [-0.05, 0) is 69.0 Å². The Morgan fingerprint density at radius 1 is 1.00 bits per heavy atom.